The Morgan fingerprint density at radius 3 is 2.65 bits per heavy atom. The van der Waals surface area contributed by atoms with Crippen LogP contribution in [0.5, 0.6) is 0 Å². The highest BCUT2D eigenvalue weighted by atomic mass is 19.4. The topological polar surface area (TPSA) is 27.0 Å². The average Bonchev–Trinajstić information content (AvgIpc) is 2.62. The average molecular weight is 282 g/mol. The van der Waals surface area contributed by atoms with Crippen molar-refractivity contribution in [2.24, 2.45) is 5.92 Å². The highest BCUT2D eigenvalue weighted by Crippen LogP contribution is 2.35. The van der Waals surface area contributed by atoms with Gasteiger partial charge < -0.3 is 4.90 Å². The molecule has 0 bridgehead atoms. The van der Waals surface area contributed by atoms with Gasteiger partial charge in [0, 0.05) is 18.8 Å². The molecule has 1 atom stereocenters. The van der Waals surface area contributed by atoms with E-state index in [1.807, 2.05) is 4.90 Å². The van der Waals surface area contributed by atoms with Gasteiger partial charge in [0.05, 0.1) is 17.2 Å². The van der Waals surface area contributed by atoms with Crippen LogP contribution >= 0.6 is 0 Å². The maximum absolute atomic E-state index is 13.0. The van der Waals surface area contributed by atoms with Gasteiger partial charge in [0.15, 0.2) is 0 Å². The number of anilines is 1. The number of halogens is 3. The Bertz CT molecular complexity index is 517. The fourth-order valence-corrected chi connectivity index (χ4v) is 2.58. The molecule has 1 unspecified atom stereocenters. The fourth-order valence-electron chi connectivity index (χ4n) is 2.58. The fraction of sp³-hybridized carbons (Fsp3) is 0.533. The summed E-state index contributed by atoms with van der Waals surface area (Å²) in [6.07, 6.45) is -1.40. The molecule has 20 heavy (non-hydrogen) atoms. The molecule has 0 spiro atoms. The Kier molecular flexibility index (Phi) is 4.22. The molecule has 108 valence electrons. The van der Waals surface area contributed by atoms with E-state index in [1.165, 1.54) is 6.07 Å². The van der Waals surface area contributed by atoms with Crippen molar-refractivity contribution in [3.05, 3.63) is 29.3 Å². The Hall–Kier alpha value is -1.70. The maximum atomic E-state index is 13.0. The molecule has 2 nitrogen and oxygen atoms in total. The van der Waals surface area contributed by atoms with Gasteiger partial charge in [-0.3, -0.25) is 0 Å². The predicted molar refractivity (Wildman–Crippen MR) is 71.4 cm³/mol. The van der Waals surface area contributed by atoms with E-state index in [0.717, 1.165) is 38.4 Å². The van der Waals surface area contributed by atoms with Crippen LogP contribution in [0.3, 0.4) is 0 Å². The first-order chi connectivity index (χ1) is 9.41. The summed E-state index contributed by atoms with van der Waals surface area (Å²) >= 11 is 0. The Morgan fingerprint density at radius 1 is 1.25 bits per heavy atom. The summed E-state index contributed by atoms with van der Waals surface area (Å²) in [5.41, 5.74) is -0.593. The van der Waals surface area contributed by atoms with E-state index in [2.05, 4.69) is 6.92 Å². The van der Waals surface area contributed by atoms with Crippen molar-refractivity contribution in [3.63, 3.8) is 0 Å². The molecule has 1 heterocycles. The van der Waals surface area contributed by atoms with Crippen molar-refractivity contribution in [2.75, 3.05) is 18.0 Å². The minimum atomic E-state index is -4.49. The zero-order valence-electron chi connectivity index (χ0n) is 11.4. The molecule has 0 N–H and O–H groups in total. The highest BCUT2D eigenvalue weighted by molar-refractivity contribution is 5.54. The quantitative estimate of drug-likeness (QED) is 0.771. The SMILES string of the molecule is CC1CCCN(c2ccc(C#N)c(C(F)(F)F)c2)CC1. The van der Waals surface area contributed by atoms with Crippen molar-refractivity contribution in [2.45, 2.75) is 32.4 Å². The first-order valence-corrected chi connectivity index (χ1v) is 6.78. The number of benzene rings is 1. The third-order valence-electron chi connectivity index (χ3n) is 3.81. The second-order valence-electron chi connectivity index (χ2n) is 5.36. The van der Waals surface area contributed by atoms with Crippen LogP contribution < -0.4 is 4.90 Å². The summed E-state index contributed by atoms with van der Waals surface area (Å²) in [5, 5.41) is 8.80. The maximum Gasteiger partial charge on any atom is 0.417 e. The van der Waals surface area contributed by atoms with E-state index < -0.39 is 11.7 Å². The van der Waals surface area contributed by atoms with Crippen LogP contribution in [0.2, 0.25) is 0 Å². The molecule has 0 aromatic heterocycles. The van der Waals surface area contributed by atoms with E-state index in [0.29, 0.717) is 11.6 Å². The molecular formula is C15H17F3N2. The molecule has 1 aliphatic rings. The van der Waals surface area contributed by atoms with Crippen molar-refractivity contribution < 1.29 is 13.2 Å². The normalized spacial score (nSPS) is 20.4. The molecule has 2 rings (SSSR count). The molecule has 1 aliphatic heterocycles. The van der Waals surface area contributed by atoms with Gasteiger partial charge in [-0.2, -0.15) is 18.4 Å². The largest absolute Gasteiger partial charge is 0.417 e. The Morgan fingerprint density at radius 2 is 2.00 bits per heavy atom. The summed E-state index contributed by atoms with van der Waals surface area (Å²) < 4.78 is 38.9. The molecule has 1 saturated heterocycles. The number of nitriles is 1. The summed E-state index contributed by atoms with van der Waals surface area (Å²) in [4.78, 5) is 1.99. The molecule has 1 aromatic rings. The number of nitrogens with zero attached hydrogens (tertiary/aromatic N) is 2. The summed E-state index contributed by atoms with van der Waals surface area (Å²) in [6.45, 7) is 3.71. The van der Waals surface area contributed by atoms with Gasteiger partial charge in [0.2, 0.25) is 0 Å². The molecule has 1 aromatic carbocycles. The van der Waals surface area contributed by atoms with Gasteiger partial charge in [-0.15, -0.1) is 0 Å². The van der Waals surface area contributed by atoms with Crippen LogP contribution in [0.1, 0.15) is 37.3 Å². The lowest BCUT2D eigenvalue weighted by Gasteiger charge is -2.24. The summed E-state index contributed by atoms with van der Waals surface area (Å²) in [7, 11) is 0. The summed E-state index contributed by atoms with van der Waals surface area (Å²) in [6, 6.07) is 5.60. The van der Waals surface area contributed by atoms with E-state index in [-0.39, 0.29) is 5.56 Å². The molecule has 0 saturated carbocycles. The monoisotopic (exact) mass is 282 g/mol. The molecular weight excluding hydrogens is 265 g/mol. The lowest BCUT2D eigenvalue weighted by Crippen LogP contribution is -2.24. The molecule has 0 amide bonds. The Labute approximate surface area is 116 Å². The molecule has 0 radical (unpaired) electrons. The number of hydrogen-bond donors (Lipinski definition) is 0. The van der Waals surface area contributed by atoms with Gasteiger partial charge >= 0.3 is 6.18 Å². The number of rotatable bonds is 1. The van der Waals surface area contributed by atoms with Crippen molar-refractivity contribution in [1.82, 2.24) is 0 Å². The molecule has 5 heteroatoms. The second-order valence-corrected chi connectivity index (χ2v) is 5.36. The number of alkyl halides is 3. The highest BCUT2D eigenvalue weighted by Gasteiger charge is 2.34. The van der Waals surface area contributed by atoms with Gasteiger partial charge in [-0.05, 0) is 43.4 Å². The van der Waals surface area contributed by atoms with Gasteiger partial charge in [-0.25, -0.2) is 0 Å². The third-order valence-corrected chi connectivity index (χ3v) is 3.81. The lowest BCUT2D eigenvalue weighted by molar-refractivity contribution is -0.137. The van der Waals surface area contributed by atoms with Crippen molar-refractivity contribution >= 4 is 5.69 Å². The summed E-state index contributed by atoms with van der Waals surface area (Å²) in [5.74, 6) is 0.612. The zero-order chi connectivity index (χ0) is 14.8. The van der Waals surface area contributed by atoms with Gasteiger partial charge in [-0.1, -0.05) is 6.92 Å². The van der Waals surface area contributed by atoms with Gasteiger partial charge in [0.25, 0.3) is 0 Å². The lowest BCUT2D eigenvalue weighted by atomic mass is 10.0. The van der Waals surface area contributed by atoms with E-state index in [9.17, 15) is 13.2 Å². The second kappa shape index (κ2) is 5.74. The van der Waals surface area contributed by atoms with Crippen LogP contribution in [0, 0.1) is 17.2 Å². The first-order valence-electron chi connectivity index (χ1n) is 6.78. The molecule has 1 fully saturated rings. The van der Waals surface area contributed by atoms with Crippen LogP contribution in [-0.4, -0.2) is 13.1 Å². The van der Waals surface area contributed by atoms with Crippen LogP contribution in [0.25, 0.3) is 0 Å². The van der Waals surface area contributed by atoms with E-state index in [1.54, 1.807) is 12.1 Å². The van der Waals surface area contributed by atoms with Gasteiger partial charge in [0.1, 0.15) is 0 Å². The molecule has 0 aliphatic carbocycles. The van der Waals surface area contributed by atoms with Crippen LogP contribution in [-0.2, 0) is 6.18 Å². The minimum absolute atomic E-state index is 0.315. The predicted octanol–water partition coefficient (Wildman–Crippen LogP) is 4.20. The number of hydrogen-bond acceptors (Lipinski definition) is 2. The standard InChI is InChI=1S/C15H17F3N2/c1-11-3-2-7-20(8-6-11)13-5-4-12(10-19)14(9-13)15(16,17)18/h4-5,9,11H,2-3,6-8H2,1H3. The van der Waals surface area contributed by atoms with Crippen LogP contribution in [0.15, 0.2) is 18.2 Å². The smallest absolute Gasteiger partial charge is 0.372 e. The first kappa shape index (κ1) is 14.7. The van der Waals surface area contributed by atoms with E-state index in [4.69, 9.17) is 5.26 Å². The Balaban J connectivity index is 2.31. The zero-order valence-corrected chi connectivity index (χ0v) is 11.4. The van der Waals surface area contributed by atoms with Crippen molar-refractivity contribution in [3.8, 4) is 6.07 Å². The third kappa shape index (κ3) is 3.24. The van der Waals surface area contributed by atoms with Crippen molar-refractivity contribution in [1.29, 1.82) is 5.26 Å². The minimum Gasteiger partial charge on any atom is -0.372 e. The van der Waals surface area contributed by atoms with Crippen LogP contribution in [0.4, 0.5) is 18.9 Å². The van der Waals surface area contributed by atoms with E-state index >= 15 is 0 Å².